The zero-order valence-corrected chi connectivity index (χ0v) is 14.1. The fourth-order valence-electron chi connectivity index (χ4n) is 2.59. The number of aromatic nitrogens is 1. The maximum Gasteiger partial charge on any atom is 0.339 e. The Labute approximate surface area is 140 Å². The van der Waals surface area contributed by atoms with Crippen molar-refractivity contribution in [3.05, 3.63) is 52.3 Å². The molecule has 0 aliphatic heterocycles. The van der Waals surface area contributed by atoms with E-state index in [0.29, 0.717) is 22.6 Å². The highest BCUT2D eigenvalue weighted by atomic mass is 16.5. The molecule has 0 saturated carbocycles. The maximum atomic E-state index is 12.3. The zero-order chi connectivity index (χ0) is 17.9. The average Bonchev–Trinajstić information content (AvgIpc) is 2.85. The number of esters is 1. The number of carbonyl (C=O) groups is 3. The number of anilines is 1. The zero-order valence-electron chi connectivity index (χ0n) is 14.1. The van der Waals surface area contributed by atoms with Crippen molar-refractivity contribution in [3.63, 3.8) is 0 Å². The molecule has 6 heteroatoms. The number of benzene rings is 1. The van der Waals surface area contributed by atoms with Crippen LogP contribution in [0.4, 0.5) is 5.69 Å². The monoisotopic (exact) mass is 328 g/mol. The third-order valence-electron chi connectivity index (χ3n) is 3.83. The number of nitrogens with one attached hydrogen (secondary N) is 2. The van der Waals surface area contributed by atoms with Gasteiger partial charge in [-0.15, -0.1) is 0 Å². The van der Waals surface area contributed by atoms with Gasteiger partial charge in [-0.2, -0.15) is 0 Å². The van der Waals surface area contributed by atoms with Crippen LogP contribution in [0.3, 0.4) is 0 Å². The van der Waals surface area contributed by atoms with Gasteiger partial charge in [0.05, 0.1) is 24.8 Å². The predicted octanol–water partition coefficient (Wildman–Crippen LogP) is 2.80. The first-order chi connectivity index (χ1) is 11.3. The molecule has 0 fully saturated rings. The van der Waals surface area contributed by atoms with E-state index in [9.17, 15) is 14.4 Å². The Morgan fingerprint density at radius 2 is 1.83 bits per heavy atom. The molecule has 1 aromatic carbocycles. The molecule has 0 atom stereocenters. The summed E-state index contributed by atoms with van der Waals surface area (Å²) >= 11 is 0. The maximum absolute atomic E-state index is 12.3. The van der Waals surface area contributed by atoms with E-state index in [2.05, 4.69) is 10.3 Å². The number of carbonyl (C=O) groups excluding carboxylic acids is 3. The number of aromatic amines is 1. The predicted molar refractivity (Wildman–Crippen MR) is 90.4 cm³/mol. The summed E-state index contributed by atoms with van der Waals surface area (Å²) in [4.78, 5) is 38.9. The molecule has 0 saturated heterocycles. The van der Waals surface area contributed by atoms with Crippen LogP contribution >= 0.6 is 0 Å². The molecule has 2 aromatic rings. The Hall–Kier alpha value is -2.89. The lowest BCUT2D eigenvalue weighted by molar-refractivity contribution is -0.115. The van der Waals surface area contributed by atoms with Crippen molar-refractivity contribution in [2.75, 3.05) is 12.4 Å². The molecule has 1 heterocycles. The smallest absolute Gasteiger partial charge is 0.339 e. The molecule has 24 heavy (non-hydrogen) atoms. The first-order valence-electron chi connectivity index (χ1n) is 7.51. The number of para-hydroxylation sites is 1. The van der Waals surface area contributed by atoms with Gasteiger partial charge in [0, 0.05) is 18.3 Å². The van der Waals surface area contributed by atoms with E-state index < -0.39 is 5.97 Å². The van der Waals surface area contributed by atoms with Gasteiger partial charge >= 0.3 is 5.97 Å². The van der Waals surface area contributed by atoms with Crippen LogP contribution in [0.1, 0.15) is 44.6 Å². The minimum Gasteiger partial charge on any atom is -0.465 e. The van der Waals surface area contributed by atoms with E-state index in [1.165, 1.54) is 14.0 Å². The van der Waals surface area contributed by atoms with Crippen LogP contribution in [0.15, 0.2) is 24.3 Å². The van der Waals surface area contributed by atoms with E-state index in [-0.39, 0.29) is 23.7 Å². The standard InChI is InChI=1S/C18H20N2O4/c1-10-7-5-6-8-13(10)19-15(22)9-14-16(18(23)24-4)11(2)17(20-14)12(3)21/h5-8,20H,9H2,1-4H3,(H,19,22). The second-order valence-corrected chi connectivity index (χ2v) is 5.57. The Bertz CT molecular complexity index is 805. The van der Waals surface area contributed by atoms with Crippen LogP contribution in [0.25, 0.3) is 0 Å². The Morgan fingerprint density at radius 1 is 1.17 bits per heavy atom. The highest BCUT2D eigenvalue weighted by Crippen LogP contribution is 2.21. The van der Waals surface area contributed by atoms with Crippen LogP contribution in [0.2, 0.25) is 0 Å². The van der Waals surface area contributed by atoms with Gasteiger partial charge in [0.25, 0.3) is 0 Å². The Kier molecular flexibility index (Phi) is 5.18. The number of aryl methyl sites for hydroxylation is 1. The molecule has 126 valence electrons. The minimum atomic E-state index is -0.574. The summed E-state index contributed by atoms with van der Waals surface area (Å²) in [5.74, 6) is -1.07. The van der Waals surface area contributed by atoms with Crippen LogP contribution < -0.4 is 5.32 Å². The molecule has 2 N–H and O–H groups in total. The van der Waals surface area contributed by atoms with Gasteiger partial charge in [0.2, 0.25) is 5.91 Å². The molecule has 6 nitrogen and oxygen atoms in total. The number of amides is 1. The molecular formula is C18H20N2O4. The van der Waals surface area contributed by atoms with E-state index in [1.807, 2.05) is 25.1 Å². The highest BCUT2D eigenvalue weighted by Gasteiger charge is 2.24. The van der Waals surface area contributed by atoms with Gasteiger partial charge < -0.3 is 15.0 Å². The summed E-state index contributed by atoms with van der Waals surface area (Å²) in [5.41, 5.74) is 3.06. The number of ether oxygens (including phenoxy) is 1. The highest BCUT2D eigenvalue weighted by molar-refractivity contribution is 6.02. The molecule has 1 aromatic heterocycles. The number of H-pyrrole nitrogens is 1. The normalized spacial score (nSPS) is 10.3. The van der Waals surface area contributed by atoms with Crippen LogP contribution in [0.5, 0.6) is 0 Å². The van der Waals surface area contributed by atoms with Crippen LogP contribution in [-0.4, -0.2) is 29.8 Å². The number of hydrogen-bond acceptors (Lipinski definition) is 4. The van der Waals surface area contributed by atoms with Gasteiger partial charge in [-0.3, -0.25) is 9.59 Å². The van der Waals surface area contributed by atoms with E-state index in [1.54, 1.807) is 13.0 Å². The molecule has 0 aliphatic rings. The molecule has 1 amide bonds. The van der Waals surface area contributed by atoms with Crippen molar-refractivity contribution in [1.82, 2.24) is 4.98 Å². The van der Waals surface area contributed by atoms with Crippen molar-refractivity contribution in [3.8, 4) is 0 Å². The summed E-state index contributed by atoms with van der Waals surface area (Å²) in [6.07, 6.45) is -0.0626. The summed E-state index contributed by atoms with van der Waals surface area (Å²) in [6.45, 7) is 4.95. The third kappa shape index (κ3) is 3.53. The van der Waals surface area contributed by atoms with E-state index in [0.717, 1.165) is 5.56 Å². The van der Waals surface area contributed by atoms with Crippen molar-refractivity contribution in [1.29, 1.82) is 0 Å². The topological polar surface area (TPSA) is 88.3 Å². The largest absolute Gasteiger partial charge is 0.465 e. The number of Topliss-reactive ketones (excluding diaryl/α,β-unsaturated/α-hetero) is 1. The second kappa shape index (κ2) is 7.12. The number of rotatable bonds is 5. The minimum absolute atomic E-state index is 0.0626. The molecule has 0 radical (unpaired) electrons. The van der Waals surface area contributed by atoms with Crippen molar-refractivity contribution in [2.24, 2.45) is 0 Å². The number of methoxy groups -OCH3 is 1. The molecule has 0 unspecified atom stereocenters. The van der Waals surface area contributed by atoms with Gasteiger partial charge in [0.1, 0.15) is 0 Å². The summed E-state index contributed by atoms with van der Waals surface area (Å²) < 4.78 is 4.77. The molecular weight excluding hydrogens is 308 g/mol. The Balaban J connectivity index is 2.30. The van der Waals surface area contributed by atoms with Crippen molar-refractivity contribution < 1.29 is 19.1 Å². The number of ketones is 1. The third-order valence-corrected chi connectivity index (χ3v) is 3.83. The van der Waals surface area contributed by atoms with Crippen molar-refractivity contribution >= 4 is 23.3 Å². The van der Waals surface area contributed by atoms with Crippen LogP contribution in [-0.2, 0) is 16.0 Å². The lowest BCUT2D eigenvalue weighted by Crippen LogP contribution is -2.17. The summed E-state index contributed by atoms with van der Waals surface area (Å²) in [6, 6.07) is 7.40. The van der Waals surface area contributed by atoms with E-state index in [4.69, 9.17) is 4.74 Å². The fourth-order valence-corrected chi connectivity index (χ4v) is 2.59. The summed E-state index contributed by atoms with van der Waals surface area (Å²) in [5, 5.41) is 2.80. The lowest BCUT2D eigenvalue weighted by Gasteiger charge is -2.08. The lowest BCUT2D eigenvalue weighted by atomic mass is 10.1. The SMILES string of the molecule is COC(=O)c1c(CC(=O)Nc2ccccc2C)[nH]c(C(C)=O)c1C. The van der Waals surface area contributed by atoms with Gasteiger partial charge in [0.15, 0.2) is 5.78 Å². The molecule has 0 aliphatic carbocycles. The first kappa shape index (κ1) is 17.5. The quantitative estimate of drug-likeness (QED) is 0.652. The van der Waals surface area contributed by atoms with E-state index >= 15 is 0 Å². The average molecular weight is 328 g/mol. The first-order valence-corrected chi connectivity index (χ1v) is 7.51. The van der Waals surface area contributed by atoms with Crippen molar-refractivity contribution in [2.45, 2.75) is 27.2 Å². The van der Waals surface area contributed by atoms with Gasteiger partial charge in [-0.25, -0.2) is 4.79 Å². The number of hydrogen-bond donors (Lipinski definition) is 2. The Morgan fingerprint density at radius 3 is 2.42 bits per heavy atom. The van der Waals surface area contributed by atoms with Gasteiger partial charge in [-0.1, -0.05) is 18.2 Å². The second-order valence-electron chi connectivity index (χ2n) is 5.57. The van der Waals surface area contributed by atoms with Gasteiger partial charge in [-0.05, 0) is 31.0 Å². The molecule has 2 rings (SSSR count). The summed E-state index contributed by atoms with van der Waals surface area (Å²) in [7, 11) is 1.26. The van der Waals surface area contributed by atoms with Crippen LogP contribution in [0, 0.1) is 13.8 Å². The fraction of sp³-hybridized carbons (Fsp3) is 0.278. The molecule has 0 bridgehead atoms. The molecule has 0 spiro atoms.